The number of aromatic nitrogens is 1. The highest BCUT2D eigenvalue weighted by Gasteiger charge is 2.45. The fourth-order valence-electron chi connectivity index (χ4n) is 6.12. The molecule has 0 aliphatic carbocycles. The Morgan fingerprint density at radius 3 is 2.28 bits per heavy atom. The number of nitrogens with zero attached hydrogens (tertiary/aromatic N) is 2. The van der Waals surface area contributed by atoms with Gasteiger partial charge in [-0.25, -0.2) is 4.98 Å². The quantitative estimate of drug-likeness (QED) is 0.120. The minimum Gasteiger partial charge on any atom is -0.494 e. The monoisotopic (exact) mass is 656 g/mol. The van der Waals surface area contributed by atoms with Crippen LogP contribution in [0.15, 0.2) is 72.1 Å². The van der Waals surface area contributed by atoms with Gasteiger partial charge in [-0.05, 0) is 73.7 Å². The van der Waals surface area contributed by atoms with Crippen LogP contribution in [0.2, 0.25) is 0 Å². The number of piperidine rings is 1. The number of aryl methyl sites for hydroxylation is 1. The first kappa shape index (κ1) is 32.6. The van der Waals surface area contributed by atoms with Gasteiger partial charge in [0.15, 0.2) is 0 Å². The molecule has 3 aromatic carbocycles. The van der Waals surface area contributed by atoms with Crippen LogP contribution in [0.1, 0.15) is 75.7 Å². The van der Waals surface area contributed by atoms with E-state index in [1.165, 1.54) is 5.56 Å². The minimum atomic E-state index is -1.19. The third kappa shape index (κ3) is 7.03. The van der Waals surface area contributed by atoms with E-state index >= 15 is 0 Å². The van der Waals surface area contributed by atoms with Crippen LogP contribution in [0.4, 0.5) is 5.69 Å². The Bertz CT molecular complexity index is 1720. The van der Waals surface area contributed by atoms with Crippen molar-refractivity contribution >= 4 is 28.8 Å². The van der Waals surface area contributed by atoms with E-state index in [4.69, 9.17) is 9.47 Å². The number of thiazole rings is 1. The van der Waals surface area contributed by atoms with E-state index in [-0.39, 0.29) is 5.41 Å². The van der Waals surface area contributed by atoms with Gasteiger partial charge in [0.25, 0.3) is 11.8 Å². The molecule has 10 nitrogen and oxygen atoms in total. The first-order chi connectivity index (χ1) is 22.6. The molecule has 0 saturated carbocycles. The molecule has 1 fully saturated rings. The maximum Gasteiger partial charge on any atom is 0.264 e. The normalized spacial score (nSPS) is 19.5. The second-order valence-corrected chi connectivity index (χ2v) is 13.5. The summed E-state index contributed by atoms with van der Waals surface area (Å²) in [5, 5.41) is 29.1. The van der Waals surface area contributed by atoms with Crippen LogP contribution in [0, 0.1) is 6.92 Å². The Morgan fingerprint density at radius 2 is 1.64 bits per heavy atom. The standard InChI is InChI=1S/C36H40N4O6S/c1-22-38-25(21-47-22)20-46-27-14-10-24(11-15-27)36(2,3)23-8-12-26(13-9-23)45-19-5-18-37-29-7-4-6-28-32(29)35(44)40(34(28)43)30-16-17-31(41)39-33(30)42/h4,6-15,21,30-31,33,37,39,41-42H,5,16-20H2,1-3H3. The molecular formula is C36H40N4O6S. The molecule has 0 spiro atoms. The van der Waals surface area contributed by atoms with Crippen molar-refractivity contribution in [2.24, 2.45) is 0 Å². The van der Waals surface area contributed by atoms with Gasteiger partial charge in [0.1, 0.15) is 30.6 Å². The topological polar surface area (TPSA) is 133 Å². The summed E-state index contributed by atoms with van der Waals surface area (Å²) in [6, 6.07) is 20.7. The molecule has 4 N–H and O–H groups in total. The summed E-state index contributed by atoms with van der Waals surface area (Å²) in [7, 11) is 0. The fourth-order valence-corrected chi connectivity index (χ4v) is 6.72. The number of hydrogen-bond donors (Lipinski definition) is 4. The summed E-state index contributed by atoms with van der Waals surface area (Å²) in [5.41, 5.74) is 4.25. The number of fused-ring (bicyclic) bond motifs is 1. The van der Waals surface area contributed by atoms with Crippen LogP contribution >= 0.6 is 11.3 Å². The number of amides is 2. The van der Waals surface area contributed by atoms with Gasteiger partial charge in [-0.15, -0.1) is 11.3 Å². The molecule has 2 aliphatic heterocycles. The SMILES string of the molecule is Cc1nc(COc2ccc(C(C)(C)c3ccc(OCCCNc4cccc5c4C(=O)N(C4CCC(O)NC4O)C5=O)cc3)cc2)cs1. The first-order valence-corrected chi connectivity index (χ1v) is 16.7. The summed E-state index contributed by atoms with van der Waals surface area (Å²) in [5.74, 6) is 0.702. The second-order valence-electron chi connectivity index (χ2n) is 12.4. The van der Waals surface area contributed by atoms with Crippen molar-refractivity contribution in [3.8, 4) is 11.5 Å². The number of aliphatic hydroxyl groups excluding tert-OH is 2. The van der Waals surface area contributed by atoms with E-state index in [0.29, 0.717) is 55.8 Å². The lowest BCUT2D eigenvalue weighted by Gasteiger charge is -2.36. The van der Waals surface area contributed by atoms with Crippen LogP contribution in [0.25, 0.3) is 0 Å². The molecule has 2 aliphatic rings. The van der Waals surface area contributed by atoms with Gasteiger partial charge < -0.3 is 25.0 Å². The molecule has 0 bridgehead atoms. The molecule has 1 aromatic heterocycles. The minimum absolute atomic E-state index is 0.218. The van der Waals surface area contributed by atoms with Crippen LogP contribution in [0.5, 0.6) is 11.5 Å². The van der Waals surface area contributed by atoms with Crippen molar-refractivity contribution in [2.75, 3.05) is 18.5 Å². The van der Waals surface area contributed by atoms with Crippen LogP contribution in [0.3, 0.4) is 0 Å². The Hall–Kier alpha value is -4.29. The summed E-state index contributed by atoms with van der Waals surface area (Å²) in [4.78, 5) is 32.0. The third-order valence-corrected chi connectivity index (χ3v) is 9.67. The molecule has 11 heteroatoms. The molecule has 47 heavy (non-hydrogen) atoms. The fraction of sp³-hybridized carbons (Fsp3) is 0.361. The summed E-state index contributed by atoms with van der Waals surface area (Å²) < 4.78 is 11.9. The second kappa shape index (κ2) is 13.8. The highest BCUT2D eigenvalue weighted by Crippen LogP contribution is 2.35. The summed E-state index contributed by atoms with van der Waals surface area (Å²) in [6.07, 6.45) is -0.738. The van der Waals surface area contributed by atoms with Crippen molar-refractivity contribution < 1.29 is 29.3 Å². The van der Waals surface area contributed by atoms with E-state index in [2.05, 4.69) is 53.7 Å². The number of anilines is 1. The smallest absolute Gasteiger partial charge is 0.264 e. The molecule has 246 valence electrons. The van der Waals surface area contributed by atoms with Crippen molar-refractivity contribution in [2.45, 2.75) is 70.6 Å². The molecule has 3 heterocycles. The number of nitrogens with one attached hydrogen (secondary N) is 2. The number of ether oxygens (including phenoxy) is 2. The Labute approximate surface area is 278 Å². The molecule has 4 aromatic rings. The third-order valence-electron chi connectivity index (χ3n) is 8.85. The van der Waals surface area contributed by atoms with Gasteiger partial charge >= 0.3 is 0 Å². The first-order valence-electron chi connectivity index (χ1n) is 15.9. The molecular weight excluding hydrogens is 616 g/mol. The van der Waals surface area contributed by atoms with Gasteiger partial charge in [-0.2, -0.15) is 0 Å². The summed E-state index contributed by atoms with van der Waals surface area (Å²) >= 11 is 1.62. The van der Waals surface area contributed by atoms with Crippen molar-refractivity contribution in [1.29, 1.82) is 0 Å². The van der Waals surface area contributed by atoms with E-state index in [1.807, 2.05) is 36.6 Å². The van der Waals surface area contributed by atoms with Crippen LogP contribution in [-0.4, -0.2) is 63.6 Å². The molecule has 3 atom stereocenters. The average molecular weight is 657 g/mol. The molecule has 1 saturated heterocycles. The van der Waals surface area contributed by atoms with Crippen molar-refractivity contribution in [1.82, 2.24) is 15.2 Å². The largest absolute Gasteiger partial charge is 0.494 e. The zero-order valence-corrected chi connectivity index (χ0v) is 27.5. The predicted octanol–water partition coefficient (Wildman–Crippen LogP) is 5.22. The van der Waals surface area contributed by atoms with Gasteiger partial charge in [-0.1, -0.05) is 44.2 Å². The van der Waals surface area contributed by atoms with Gasteiger partial charge in [0, 0.05) is 23.0 Å². The van der Waals surface area contributed by atoms with Gasteiger partial charge in [-0.3, -0.25) is 19.8 Å². The highest BCUT2D eigenvalue weighted by atomic mass is 32.1. The maximum atomic E-state index is 13.3. The summed E-state index contributed by atoms with van der Waals surface area (Å²) in [6.45, 7) is 7.83. The van der Waals surface area contributed by atoms with Crippen LogP contribution < -0.4 is 20.1 Å². The van der Waals surface area contributed by atoms with E-state index in [0.717, 1.165) is 32.7 Å². The predicted molar refractivity (Wildman–Crippen MR) is 180 cm³/mol. The number of carbonyl (C=O) groups excluding carboxylic acids is 2. The lowest BCUT2D eigenvalue weighted by atomic mass is 9.78. The van der Waals surface area contributed by atoms with Gasteiger partial charge in [0.2, 0.25) is 0 Å². The lowest BCUT2D eigenvalue weighted by Crippen LogP contribution is -2.58. The lowest BCUT2D eigenvalue weighted by molar-refractivity contribution is -0.0413. The molecule has 3 unspecified atom stereocenters. The van der Waals surface area contributed by atoms with E-state index in [9.17, 15) is 19.8 Å². The highest BCUT2D eigenvalue weighted by molar-refractivity contribution is 7.09. The molecule has 6 rings (SSSR count). The Morgan fingerprint density at radius 1 is 0.957 bits per heavy atom. The number of carbonyl (C=O) groups is 2. The zero-order chi connectivity index (χ0) is 33.1. The Kier molecular flexibility index (Phi) is 9.60. The van der Waals surface area contributed by atoms with Crippen LogP contribution in [-0.2, 0) is 12.0 Å². The zero-order valence-electron chi connectivity index (χ0n) is 26.7. The number of benzene rings is 3. The maximum absolute atomic E-state index is 13.3. The van der Waals surface area contributed by atoms with E-state index < -0.39 is 30.3 Å². The number of rotatable bonds is 12. The van der Waals surface area contributed by atoms with Crippen molar-refractivity contribution in [3.63, 3.8) is 0 Å². The van der Waals surface area contributed by atoms with E-state index in [1.54, 1.807) is 29.5 Å². The number of aliphatic hydroxyl groups is 2. The number of hydrogen-bond acceptors (Lipinski definition) is 10. The average Bonchev–Trinajstić information content (AvgIpc) is 3.60. The Balaban J connectivity index is 0.988. The van der Waals surface area contributed by atoms with Crippen molar-refractivity contribution in [3.05, 3.63) is 105 Å². The molecule has 2 amide bonds. The van der Waals surface area contributed by atoms with Gasteiger partial charge in [0.05, 0.1) is 34.5 Å². The number of imide groups is 1. The molecule has 0 radical (unpaired) electrons.